The third-order valence-electron chi connectivity index (χ3n) is 0.297. The van der Waals surface area contributed by atoms with E-state index in [9.17, 15) is 4.57 Å². The van der Waals surface area contributed by atoms with Crippen LogP contribution in [0.4, 0.5) is 0 Å². The van der Waals surface area contributed by atoms with Gasteiger partial charge in [-0.3, -0.25) is 0 Å². The summed E-state index contributed by atoms with van der Waals surface area (Å²) in [6, 6.07) is 0. The molecule has 0 saturated carbocycles. The summed E-state index contributed by atoms with van der Waals surface area (Å²) in [5, 5.41) is 0. The molecule has 44 valence electrons. The van der Waals surface area contributed by atoms with Crippen LogP contribution in [0.2, 0.25) is 0 Å². The Hall–Kier alpha value is 0.989. The molecule has 0 saturated heterocycles. The number of rotatable bonds is 2. The van der Waals surface area contributed by atoms with Crippen molar-refractivity contribution in [3.05, 3.63) is 0 Å². The van der Waals surface area contributed by atoms with E-state index in [-0.39, 0.29) is 18.9 Å². The van der Waals surface area contributed by atoms with Gasteiger partial charge in [-0.05, 0) is 0 Å². The summed E-state index contributed by atoms with van der Waals surface area (Å²) >= 11 is 0. The molecule has 0 amide bonds. The summed E-state index contributed by atoms with van der Waals surface area (Å²) in [4.78, 5) is 15.9. The monoisotopic (exact) mass is 148 g/mol. The second-order valence-corrected chi connectivity index (χ2v) is 3.50. The molecular formula is H7BLiO4PSi. The van der Waals surface area contributed by atoms with Gasteiger partial charge in [0.2, 0.25) is 0 Å². The van der Waals surface area contributed by atoms with Gasteiger partial charge in [-0.2, -0.15) is 0 Å². The molecule has 2 N–H and O–H groups in total. The molecule has 0 fully saturated rings. The molecular weight excluding hydrogens is 141 g/mol. The zero-order chi connectivity index (χ0) is 5.91. The van der Waals surface area contributed by atoms with Gasteiger partial charge in [0.05, 0.1) is 0 Å². The molecule has 0 aromatic carbocycles. The maximum absolute atomic E-state index is 9.74. The van der Waals surface area contributed by atoms with E-state index in [1.165, 1.54) is 0 Å². The fraction of sp³-hybridized carbons (Fsp3) is 0. The molecule has 0 atom stereocenters. The first-order valence-electron chi connectivity index (χ1n) is 1.76. The molecule has 0 bridgehead atoms. The van der Waals surface area contributed by atoms with Gasteiger partial charge in [0, 0.05) is 0 Å². The van der Waals surface area contributed by atoms with Crippen molar-refractivity contribution < 1.29 is 18.6 Å². The van der Waals surface area contributed by atoms with Gasteiger partial charge in [-0.15, -0.1) is 0 Å². The Morgan fingerprint density at radius 1 is 1.62 bits per heavy atom. The summed E-state index contributed by atoms with van der Waals surface area (Å²) in [5.74, 6) is 0. The van der Waals surface area contributed by atoms with Gasteiger partial charge in [0.1, 0.15) is 17.1 Å². The van der Waals surface area contributed by atoms with Crippen LogP contribution in [0.3, 0.4) is 0 Å². The van der Waals surface area contributed by atoms with E-state index in [1.54, 1.807) is 7.44 Å². The predicted octanol–water partition coefficient (Wildman–Crippen LogP) is -2.92. The molecule has 0 aliphatic rings. The molecule has 0 heterocycles. The molecule has 0 aromatic rings. The van der Waals surface area contributed by atoms with E-state index in [1.807, 2.05) is 0 Å². The molecule has 0 rings (SSSR count). The minimum atomic E-state index is -4.10. The molecule has 0 aliphatic carbocycles. The van der Waals surface area contributed by atoms with Crippen LogP contribution in [0, 0.1) is 0 Å². The Bertz CT molecular complexity index is 90.0. The first kappa shape index (κ1) is 11.7. The van der Waals surface area contributed by atoms with E-state index in [2.05, 4.69) is 4.21 Å². The van der Waals surface area contributed by atoms with Crippen molar-refractivity contribution in [1.82, 2.24) is 0 Å². The van der Waals surface area contributed by atoms with Crippen molar-refractivity contribution in [3.63, 3.8) is 0 Å². The van der Waals surface area contributed by atoms with Crippen LogP contribution in [-0.4, -0.2) is 45.7 Å². The first-order chi connectivity index (χ1) is 3.06. The zero-order valence-electron chi connectivity index (χ0n) is 3.87. The molecule has 0 aliphatic heterocycles. The van der Waals surface area contributed by atoms with Crippen LogP contribution in [0.15, 0.2) is 0 Å². The van der Waals surface area contributed by atoms with E-state index < -0.39 is 17.5 Å². The Balaban J connectivity index is 0. The fourth-order valence-electron chi connectivity index (χ4n) is 0.168. The average Bonchev–Trinajstić information content (AvgIpc) is 1.30. The van der Waals surface area contributed by atoms with Crippen LogP contribution in [0.1, 0.15) is 0 Å². The topological polar surface area (TPSA) is 66.8 Å². The minimum absolute atomic E-state index is 0. The Labute approximate surface area is 62.7 Å². The average molecular weight is 148 g/mol. The number of phosphoric acid groups is 1. The SMILES string of the molecule is B[SiH2]OP(=O)(O)O.[LiH]. The van der Waals surface area contributed by atoms with Crippen molar-refractivity contribution in [2.24, 2.45) is 0 Å². The second kappa shape index (κ2) is 4.83. The van der Waals surface area contributed by atoms with Crippen LogP contribution in [0.25, 0.3) is 0 Å². The molecule has 8 heteroatoms. The fourth-order valence-corrected chi connectivity index (χ4v) is 1.51. The van der Waals surface area contributed by atoms with Gasteiger partial charge in [-0.1, -0.05) is 0 Å². The quantitative estimate of drug-likeness (QED) is 0.325. The third-order valence-corrected chi connectivity index (χ3v) is 2.68. The summed E-state index contributed by atoms with van der Waals surface area (Å²) in [6.45, 7) is 0. The second-order valence-electron chi connectivity index (χ2n) is 0.908. The first-order valence-corrected chi connectivity index (χ1v) is 5.28. The van der Waals surface area contributed by atoms with Crippen molar-refractivity contribution >= 4 is 43.8 Å². The van der Waals surface area contributed by atoms with Crippen LogP contribution < -0.4 is 0 Å². The Morgan fingerprint density at radius 3 is 2.00 bits per heavy atom. The number of hydrogen-bond acceptors (Lipinski definition) is 2. The standard InChI is InChI=1S/BH6O4PSi.Li.H/c1-7-5-6(2,3)4;;/h1,7H2,(H2,2,3,4);;. The summed E-state index contributed by atoms with van der Waals surface area (Å²) in [7, 11) is -3.41. The third kappa shape index (κ3) is 10.1. The van der Waals surface area contributed by atoms with Crippen molar-refractivity contribution in [3.8, 4) is 0 Å². The number of hydrogen-bond donors (Lipinski definition) is 2. The summed E-state index contributed by atoms with van der Waals surface area (Å²) < 4.78 is 13.8. The summed E-state index contributed by atoms with van der Waals surface area (Å²) in [5.41, 5.74) is 0. The molecule has 0 unspecified atom stereocenters. The molecule has 0 radical (unpaired) electrons. The van der Waals surface area contributed by atoms with E-state index in [0.29, 0.717) is 0 Å². The van der Waals surface area contributed by atoms with E-state index >= 15 is 0 Å². The van der Waals surface area contributed by atoms with Crippen LogP contribution >= 0.6 is 7.82 Å². The predicted molar refractivity (Wildman–Crippen MR) is 37.4 cm³/mol. The van der Waals surface area contributed by atoms with Gasteiger partial charge in [0.15, 0.2) is 0 Å². The van der Waals surface area contributed by atoms with Gasteiger partial charge < -0.3 is 14.0 Å². The van der Waals surface area contributed by atoms with Gasteiger partial charge in [-0.25, -0.2) is 4.57 Å². The molecule has 0 aromatic heterocycles. The van der Waals surface area contributed by atoms with E-state index in [4.69, 9.17) is 9.79 Å². The zero-order valence-corrected chi connectivity index (χ0v) is 6.17. The maximum atomic E-state index is 9.74. The molecule has 8 heavy (non-hydrogen) atoms. The van der Waals surface area contributed by atoms with Crippen LogP contribution in [0.5, 0.6) is 0 Å². The molecule has 4 nitrogen and oxygen atoms in total. The Kier molecular flexibility index (Phi) is 7.09. The summed E-state index contributed by atoms with van der Waals surface area (Å²) in [6.07, 6.45) is 0. The van der Waals surface area contributed by atoms with Gasteiger partial charge in [0.25, 0.3) is 0 Å². The van der Waals surface area contributed by atoms with Crippen LogP contribution in [-0.2, 0) is 8.78 Å². The van der Waals surface area contributed by atoms with Crippen molar-refractivity contribution in [1.29, 1.82) is 0 Å². The normalized spacial score (nSPS) is 11.8. The Morgan fingerprint density at radius 2 is 2.00 bits per heavy atom. The van der Waals surface area contributed by atoms with E-state index in [0.717, 1.165) is 0 Å². The van der Waals surface area contributed by atoms with Crippen molar-refractivity contribution in [2.75, 3.05) is 0 Å². The van der Waals surface area contributed by atoms with Crippen molar-refractivity contribution in [2.45, 2.75) is 0 Å². The molecule has 0 spiro atoms. The van der Waals surface area contributed by atoms with Gasteiger partial charge >= 0.3 is 26.7 Å².